The van der Waals surface area contributed by atoms with E-state index in [-0.39, 0.29) is 11.9 Å². The normalized spacial score (nSPS) is 39.6. The Kier molecular flexibility index (Phi) is 2.05. The van der Waals surface area contributed by atoms with Gasteiger partial charge in [0.2, 0.25) is 0 Å². The number of nitrogens with one attached hydrogen (secondary N) is 1. The number of carbonyl (C=O) groups is 1. The fourth-order valence-corrected chi connectivity index (χ4v) is 2.38. The van der Waals surface area contributed by atoms with Crippen LogP contribution in [0.4, 0.5) is 0 Å². The van der Waals surface area contributed by atoms with Crippen molar-refractivity contribution in [2.45, 2.75) is 12.8 Å². The summed E-state index contributed by atoms with van der Waals surface area (Å²) in [6.45, 7) is 2.13. The van der Waals surface area contributed by atoms with Crippen molar-refractivity contribution in [2.24, 2.45) is 17.8 Å². The highest BCUT2D eigenvalue weighted by molar-refractivity contribution is 5.76. The third-order valence-corrected chi connectivity index (χ3v) is 3.11. The highest BCUT2D eigenvalue weighted by Crippen LogP contribution is 2.51. The van der Waals surface area contributed by atoms with E-state index in [2.05, 4.69) is 5.32 Å². The largest absolute Gasteiger partial charge is 0.469 e. The number of fused-ring (bicyclic) bond motifs is 1. The number of ether oxygens (including phenoxy) is 1. The monoisotopic (exact) mass is 169 g/mol. The van der Waals surface area contributed by atoms with E-state index in [1.807, 2.05) is 0 Å². The molecule has 3 atom stereocenters. The minimum Gasteiger partial charge on any atom is -0.469 e. The molecule has 1 unspecified atom stereocenters. The molecule has 0 amide bonds. The van der Waals surface area contributed by atoms with Gasteiger partial charge < -0.3 is 10.1 Å². The van der Waals surface area contributed by atoms with Crippen LogP contribution in [0.1, 0.15) is 12.8 Å². The van der Waals surface area contributed by atoms with Crippen LogP contribution in [0.2, 0.25) is 0 Å². The summed E-state index contributed by atoms with van der Waals surface area (Å²) in [4.78, 5) is 11.2. The Morgan fingerprint density at radius 2 is 1.92 bits per heavy atom. The zero-order valence-corrected chi connectivity index (χ0v) is 7.38. The fraction of sp³-hybridized carbons (Fsp3) is 0.889. The molecule has 0 bridgehead atoms. The van der Waals surface area contributed by atoms with Gasteiger partial charge in [-0.25, -0.2) is 0 Å². The van der Waals surface area contributed by atoms with Crippen LogP contribution in [-0.2, 0) is 9.53 Å². The van der Waals surface area contributed by atoms with Crippen molar-refractivity contribution in [2.75, 3.05) is 20.2 Å². The van der Waals surface area contributed by atoms with Crippen LogP contribution in [0.5, 0.6) is 0 Å². The predicted molar refractivity (Wildman–Crippen MR) is 44.6 cm³/mol. The number of methoxy groups -OCH3 is 1. The van der Waals surface area contributed by atoms with Gasteiger partial charge in [-0.3, -0.25) is 4.79 Å². The zero-order chi connectivity index (χ0) is 8.55. The molecule has 0 aromatic heterocycles. The first-order valence-electron chi connectivity index (χ1n) is 4.63. The van der Waals surface area contributed by atoms with E-state index in [9.17, 15) is 4.79 Å². The zero-order valence-electron chi connectivity index (χ0n) is 7.38. The molecule has 1 saturated carbocycles. The summed E-state index contributed by atoms with van der Waals surface area (Å²) in [6, 6.07) is 0. The van der Waals surface area contributed by atoms with Crippen LogP contribution >= 0.6 is 0 Å². The molecule has 68 valence electrons. The maximum Gasteiger partial charge on any atom is 0.309 e. The Balaban J connectivity index is 1.93. The van der Waals surface area contributed by atoms with Gasteiger partial charge in [-0.2, -0.15) is 0 Å². The van der Waals surface area contributed by atoms with Crippen LogP contribution < -0.4 is 5.32 Å². The molecule has 3 nitrogen and oxygen atoms in total. The molecule has 0 radical (unpaired) electrons. The molecule has 3 heteroatoms. The van der Waals surface area contributed by atoms with E-state index >= 15 is 0 Å². The van der Waals surface area contributed by atoms with Gasteiger partial charge in [0.15, 0.2) is 0 Å². The number of hydrogen-bond donors (Lipinski definition) is 1. The van der Waals surface area contributed by atoms with Crippen LogP contribution in [-0.4, -0.2) is 26.2 Å². The summed E-state index contributed by atoms with van der Waals surface area (Å²) in [7, 11) is 1.48. The molecule has 12 heavy (non-hydrogen) atoms. The summed E-state index contributed by atoms with van der Waals surface area (Å²) in [6.07, 6.45) is 2.29. The quantitative estimate of drug-likeness (QED) is 0.578. The van der Waals surface area contributed by atoms with E-state index in [1.165, 1.54) is 7.11 Å². The van der Waals surface area contributed by atoms with Crippen molar-refractivity contribution in [3.8, 4) is 0 Å². The van der Waals surface area contributed by atoms with E-state index in [1.54, 1.807) is 0 Å². The van der Waals surface area contributed by atoms with Crippen molar-refractivity contribution >= 4 is 5.97 Å². The first-order chi connectivity index (χ1) is 5.84. The Hall–Kier alpha value is -0.570. The molecule has 1 N–H and O–H groups in total. The molecule has 2 rings (SSSR count). The second-order valence-corrected chi connectivity index (χ2v) is 3.70. The van der Waals surface area contributed by atoms with Gasteiger partial charge in [0.05, 0.1) is 13.0 Å². The molecule has 1 aliphatic heterocycles. The van der Waals surface area contributed by atoms with Gasteiger partial charge in [0.25, 0.3) is 0 Å². The number of hydrogen-bond acceptors (Lipinski definition) is 3. The topological polar surface area (TPSA) is 38.3 Å². The molecule has 0 spiro atoms. The summed E-state index contributed by atoms with van der Waals surface area (Å²) in [5.74, 6) is 1.48. The highest BCUT2D eigenvalue weighted by Gasteiger charge is 2.54. The molecule has 1 aliphatic carbocycles. The summed E-state index contributed by atoms with van der Waals surface area (Å²) in [5, 5.41) is 3.33. The second-order valence-electron chi connectivity index (χ2n) is 3.70. The lowest BCUT2D eigenvalue weighted by Crippen LogP contribution is -2.17. The summed E-state index contributed by atoms with van der Waals surface area (Å²) in [5.41, 5.74) is 0. The predicted octanol–water partition coefficient (Wildman–Crippen LogP) is 0.405. The molecule has 0 aromatic carbocycles. The minimum atomic E-state index is 0.00639. The van der Waals surface area contributed by atoms with Gasteiger partial charge in [0, 0.05) is 0 Å². The summed E-state index contributed by atoms with van der Waals surface area (Å²) >= 11 is 0. The Labute approximate surface area is 72.5 Å². The molecule has 1 saturated heterocycles. The molecular formula is C9H15NO2. The average molecular weight is 169 g/mol. The third kappa shape index (κ3) is 1.22. The van der Waals surface area contributed by atoms with Crippen molar-refractivity contribution in [1.82, 2.24) is 5.32 Å². The van der Waals surface area contributed by atoms with Crippen molar-refractivity contribution in [1.29, 1.82) is 0 Å². The van der Waals surface area contributed by atoms with Crippen LogP contribution in [0, 0.1) is 17.8 Å². The maximum absolute atomic E-state index is 11.2. The molecule has 0 aromatic rings. The van der Waals surface area contributed by atoms with E-state index in [0.717, 1.165) is 25.9 Å². The van der Waals surface area contributed by atoms with E-state index < -0.39 is 0 Å². The van der Waals surface area contributed by atoms with Gasteiger partial charge in [-0.1, -0.05) is 0 Å². The minimum absolute atomic E-state index is 0.00639. The van der Waals surface area contributed by atoms with Gasteiger partial charge in [0.1, 0.15) is 0 Å². The fourth-order valence-electron chi connectivity index (χ4n) is 2.38. The first-order valence-corrected chi connectivity index (χ1v) is 4.63. The van der Waals surface area contributed by atoms with Crippen LogP contribution in [0.25, 0.3) is 0 Å². The lowest BCUT2D eigenvalue weighted by Gasteiger charge is -2.01. The highest BCUT2D eigenvalue weighted by atomic mass is 16.5. The third-order valence-electron chi connectivity index (χ3n) is 3.11. The van der Waals surface area contributed by atoms with Crippen molar-refractivity contribution < 1.29 is 9.53 Å². The van der Waals surface area contributed by atoms with Crippen molar-refractivity contribution in [3.05, 3.63) is 0 Å². The average Bonchev–Trinajstić information content (AvgIpc) is 2.76. The molecule has 2 aliphatic rings. The maximum atomic E-state index is 11.2. The van der Waals surface area contributed by atoms with Gasteiger partial charge >= 0.3 is 5.97 Å². The Morgan fingerprint density at radius 1 is 1.33 bits per heavy atom. The molecule has 2 fully saturated rings. The Bertz CT molecular complexity index is 181. The lowest BCUT2D eigenvalue weighted by atomic mass is 10.2. The molecule has 1 heterocycles. The van der Waals surface area contributed by atoms with E-state index in [4.69, 9.17) is 4.74 Å². The lowest BCUT2D eigenvalue weighted by molar-refractivity contribution is -0.142. The standard InChI is InChI=1S/C9H15NO2/c1-12-9(11)8-6-2-4-10-5-3-7(6)8/h6-8,10H,2-5H2,1H3/t6-,7+,8?. The Morgan fingerprint density at radius 3 is 2.42 bits per heavy atom. The van der Waals surface area contributed by atoms with Crippen LogP contribution in [0.3, 0.4) is 0 Å². The summed E-state index contributed by atoms with van der Waals surface area (Å²) < 4.78 is 4.75. The van der Waals surface area contributed by atoms with Gasteiger partial charge in [-0.05, 0) is 37.8 Å². The molecular weight excluding hydrogens is 154 g/mol. The van der Waals surface area contributed by atoms with Gasteiger partial charge in [-0.15, -0.1) is 0 Å². The van der Waals surface area contributed by atoms with E-state index in [0.29, 0.717) is 11.8 Å². The number of rotatable bonds is 1. The number of esters is 1. The second kappa shape index (κ2) is 3.05. The van der Waals surface area contributed by atoms with Crippen LogP contribution in [0.15, 0.2) is 0 Å². The SMILES string of the molecule is COC(=O)C1[C@H]2CCNCC[C@@H]12. The van der Waals surface area contributed by atoms with Crippen molar-refractivity contribution in [3.63, 3.8) is 0 Å². The first kappa shape index (κ1) is 8.05. The smallest absolute Gasteiger partial charge is 0.309 e. The number of carbonyl (C=O) groups excluding carboxylic acids is 1.